The highest BCUT2D eigenvalue weighted by molar-refractivity contribution is 7.92. The zero-order chi connectivity index (χ0) is 20.3. The number of sulfonamides is 1. The molecule has 1 aromatic heterocycles. The van der Waals surface area contributed by atoms with Crippen molar-refractivity contribution in [2.45, 2.75) is 25.9 Å². The number of fused-ring (bicyclic) bond motifs is 1. The third-order valence-corrected chi connectivity index (χ3v) is 6.55. The summed E-state index contributed by atoms with van der Waals surface area (Å²) in [6.07, 6.45) is 4.42. The van der Waals surface area contributed by atoms with E-state index in [4.69, 9.17) is 4.74 Å². The highest BCUT2D eigenvalue weighted by Crippen LogP contribution is 2.21. The minimum Gasteiger partial charge on any atom is -0.473 e. The van der Waals surface area contributed by atoms with E-state index in [-0.39, 0.29) is 6.10 Å². The Bertz CT molecular complexity index is 1120. The number of nitrogens with zero attached hydrogens (tertiary/aromatic N) is 3. The Morgan fingerprint density at radius 1 is 1.03 bits per heavy atom. The molecule has 0 N–H and O–H groups in total. The van der Waals surface area contributed by atoms with Gasteiger partial charge in [-0.2, -0.15) is 4.31 Å². The lowest BCUT2D eigenvalue weighted by Crippen LogP contribution is -2.41. The van der Waals surface area contributed by atoms with Gasteiger partial charge in [-0.25, -0.2) is 18.4 Å². The number of ether oxygens (including phenoxy) is 1. The number of piperidine rings is 1. The summed E-state index contributed by atoms with van der Waals surface area (Å²) < 4.78 is 32.7. The van der Waals surface area contributed by atoms with Crippen molar-refractivity contribution in [3.05, 3.63) is 71.3 Å². The molecule has 1 saturated heterocycles. The van der Waals surface area contributed by atoms with E-state index in [1.165, 1.54) is 9.71 Å². The summed E-state index contributed by atoms with van der Waals surface area (Å²) >= 11 is 0. The normalized spacial score (nSPS) is 16.4. The third kappa shape index (κ3) is 4.81. The van der Waals surface area contributed by atoms with Gasteiger partial charge in [-0.1, -0.05) is 42.0 Å². The third-order valence-electron chi connectivity index (χ3n) is 4.98. The second kappa shape index (κ2) is 8.31. The minimum atomic E-state index is -3.45. The largest absolute Gasteiger partial charge is 0.473 e. The fraction of sp³-hybridized carbons (Fsp3) is 0.273. The first-order valence-corrected chi connectivity index (χ1v) is 11.1. The van der Waals surface area contributed by atoms with Gasteiger partial charge in [-0.05, 0) is 43.5 Å². The van der Waals surface area contributed by atoms with Gasteiger partial charge in [0.1, 0.15) is 6.10 Å². The summed E-state index contributed by atoms with van der Waals surface area (Å²) in [5.74, 6) is 0.476. The van der Waals surface area contributed by atoms with E-state index in [0.29, 0.717) is 31.8 Å². The first-order chi connectivity index (χ1) is 14.0. The molecule has 6 nitrogen and oxygen atoms in total. The lowest BCUT2D eigenvalue weighted by molar-refractivity contribution is 0.130. The number of hydrogen-bond acceptors (Lipinski definition) is 5. The van der Waals surface area contributed by atoms with Crippen LogP contribution >= 0.6 is 0 Å². The van der Waals surface area contributed by atoms with Crippen molar-refractivity contribution >= 4 is 27.1 Å². The molecular weight excluding hydrogens is 386 g/mol. The van der Waals surface area contributed by atoms with Gasteiger partial charge >= 0.3 is 0 Å². The van der Waals surface area contributed by atoms with Crippen molar-refractivity contribution < 1.29 is 13.2 Å². The maximum atomic E-state index is 12.6. The number of para-hydroxylation sites is 2. The Balaban J connectivity index is 1.36. The molecule has 0 bridgehead atoms. The highest BCUT2D eigenvalue weighted by atomic mass is 32.2. The van der Waals surface area contributed by atoms with Crippen molar-refractivity contribution in [2.24, 2.45) is 0 Å². The molecule has 1 aliphatic heterocycles. The Hall–Kier alpha value is -2.77. The van der Waals surface area contributed by atoms with Crippen LogP contribution in [-0.4, -0.2) is 41.9 Å². The Labute approximate surface area is 170 Å². The fourth-order valence-corrected chi connectivity index (χ4v) is 4.52. The van der Waals surface area contributed by atoms with Gasteiger partial charge in [0.25, 0.3) is 0 Å². The zero-order valence-corrected chi connectivity index (χ0v) is 17.0. The van der Waals surface area contributed by atoms with Crippen LogP contribution in [0, 0.1) is 6.92 Å². The monoisotopic (exact) mass is 409 g/mol. The lowest BCUT2D eigenvalue weighted by atomic mass is 10.1. The summed E-state index contributed by atoms with van der Waals surface area (Å²) in [5.41, 5.74) is 3.61. The van der Waals surface area contributed by atoms with Crippen molar-refractivity contribution in [1.29, 1.82) is 0 Å². The van der Waals surface area contributed by atoms with Gasteiger partial charge in [0.05, 0.1) is 17.2 Å². The summed E-state index contributed by atoms with van der Waals surface area (Å²) in [5, 5.41) is 1.29. The predicted molar refractivity (Wildman–Crippen MR) is 114 cm³/mol. The molecule has 0 atom stereocenters. The van der Waals surface area contributed by atoms with Crippen LogP contribution < -0.4 is 4.74 Å². The van der Waals surface area contributed by atoms with Crippen molar-refractivity contribution in [3.8, 4) is 5.88 Å². The molecule has 3 aromatic rings. The Morgan fingerprint density at radius 3 is 2.45 bits per heavy atom. The first-order valence-electron chi connectivity index (χ1n) is 9.63. The van der Waals surface area contributed by atoms with Gasteiger partial charge in [0.15, 0.2) is 0 Å². The molecule has 1 fully saturated rings. The molecule has 0 spiro atoms. The number of rotatable bonds is 5. The molecule has 150 valence electrons. The fourth-order valence-electron chi connectivity index (χ4n) is 3.30. The van der Waals surface area contributed by atoms with Crippen LogP contribution in [0.1, 0.15) is 24.0 Å². The topological polar surface area (TPSA) is 72.4 Å². The Morgan fingerprint density at radius 2 is 1.72 bits per heavy atom. The summed E-state index contributed by atoms with van der Waals surface area (Å²) in [6.45, 7) is 2.85. The maximum Gasteiger partial charge on any atom is 0.236 e. The SMILES string of the molecule is Cc1ccc(C=CS(=O)(=O)N2CCC(Oc3cnc4ccccc4n3)CC2)cc1. The van der Waals surface area contributed by atoms with Gasteiger partial charge < -0.3 is 4.74 Å². The van der Waals surface area contributed by atoms with E-state index >= 15 is 0 Å². The lowest BCUT2D eigenvalue weighted by Gasteiger charge is -2.30. The van der Waals surface area contributed by atoms with E-state index in [9.17, 15) is 8.42 Å². The molecule has 0 unspecified atom stereocenters. The molecule has 0 aliphatic carbocycles. The van der Waals surface area contributed by atoms with Gasteiger partial charge in [-0.3, -0.25) is 0 Å². The number of aromatic nitrogens is 2. The van der Waals surface area contributed by atoms with Crippen LogP contribution in [0.25, 0.3) is 17.1 Å². The maximum absolute atomic E-state index is 12.6. The quantitative estimate of drug-likeness (QED) is 0.641. The Kier molecular flexibility index (Phi) is 5.60. The van der Waals surface area contributed by atoms with Gasteiger partial charge in [0.2, 0.25) is 15.9 Å². The molecule has 0 saturated carbocycles. The predicted octanol–water partition coefficient (Wildman–Crippen LogP) is 3.78. The molecule has 7 heteroatoms. The molecule has 0 amide bonds. The summed E-state index contributed by atoms with van der Waals surface area (Å²) in [7, 11) is -3.45. The number of benzene rings is 2. The zero-order valence-electron chi connectivity index (χ0n) is 16.2. The van der Waals surface area contributed by atoms with Crippen LogP contribution in [0.2, 0.25) is 0 Å². The molecule has 1 aliphatic rings. The van der Waals surface area contributed by atoms with Crippen LogP contribution in [0.15, 0.2) is 60.1 Å². The molecule has 2 aromatic carbocycles. The highest BCUT2D eigenvalue weighted by Gasteiger charge is 2.27. The first kappa shape index (κ1) is 19.5. The van der Waals surface area contributed by atoms with Crippen LogP contribution in [-0.2, 0) is 10.0 Å². The van der Waals surface area contributed by atoms with Crippen LogP contribution in [0.5, 0.6) is 5.88 Å². The summed E-state index contributed by atoms with van der Waals surface area (Å²) in [4.78, 5) is 8.83. The smallest absolute Gasteiger partial charge is 0.236 e. The average Bonchev–Trinajstić information content (AvgIpc) is 2.74. The van der Waals surface area contributed by atoms with Crippen molar-refractivity contribution in [1.82, 2.24) is 14.3 Å². The van der Waals surface area contributed by atoms with E-state index in [1.807, 2.05) is 55.5 Å². The van der Waals surface area contributed by atoms with E-state index in [0.717, 1.165) is 22.2 Å². The van der Waals surface area contributed by atoms with Crippen LogP contribution in [0.4, 0.5) is 0 Å². The molecular formula is C22H23N3O3S. The van der Waals surface area contributed by atoms with Gasteiger partial charge in [-0.15, -0.1) is 0 Å². The standard InChI is InChI=1S/C22H23N3O3S/c1-17-6-8-18(9-7-17)12-15-29(26,27)25-13-10-19(11-14-25)28-22-16-23-20-4-2-3-5-21(20)24-22/h2-9,12,15-16,19H,10-11,13-14H2,1H3. The van der Waals surface area contributed by atoms with Crippen molar-refractivity contribution in [2.75, 3.05) is 13.1 Å². The summed E-state index contributed by atoms with van der Waals surface area (Å²) in [6, 6.07) is 15.4. The minimum absolute atomic E-state index is 0.0713. The van der Waals surface area contributed by atoms with E-state index in [1.54, 1.807) is 12.3 Å². The van der Waals surface area contributed by atoms with Crippen LogP contribution in [0.3, 0.4) is 0 Å². The molecule has 0 radical (unpaired) electrons. The second-order valence-corrected chi connectivity index (χ2v) is 8.99. The van der Waals surface area contributed by atoms with E-state index in [2.05, 4.69) is 9.97 Å². The number of aryl methyl sites for hydroxylation is 1. The average molecular weight is 410 g/mol. The number of hydrogen-bond donors (Lipinski definition) is 0. The van der Waals surface area contributed by atoms with E-state index < -0.39 is 10.0 Å². The second-order valence-electron chi connectivity index (χ2n) is 7.17. The molecule has 29 heavy (non-hydrogen) atoms. The molecule has 4 rings (SSSR count). The van der Waals surface area contributed by atoms with Gasteiger partial charge in [0, 0.05) is 18.5 Å². The molecule has 2 heterocycles. The van der Waals surface area contributed by atoms with Crippen molar-refractivity contribution in [3.63, 3.8) is 0 Å².